The number of hydrogen-bond donors (Lipinski definition) is 1. The largest absolute Gasteiger partial charge is 0.493 e. The fraction of sp³-hybridized carbons (Fsp3) is 0.611. The van der Waals surface area contributed by atoms with Crippen LogP contribution in [0.5, 0.6) is 11.5 Å². The van der Waals surface area contributed by atoms with E-state index in [1.54, 1.807) is 14.2 Å². The van der Waals surface area contributed by atoms with Gasteiger partial charge in [0.25, 0.3) is 0 Å². The molecule has 1 N–H and O–H groups in total. The maximum absolute atomic E-state index is 12.2. The molecular weight excluding hydrogens is 292 g/mol. The highest BCUT2D eigenvalue weighted by Crippen LogP contribution is 2.27. The van der Waals surface area contributed by atoms with Gasteiger partial charge >= 0.3 is 0 Å². The SMILES string of the molecule is COc1ccc(CCCNC(=O)C2CCCN(C)C2)cc1OC. The van der Waals surface area contributed by atoms with E-state index < -0.39 is 0 Å². The van der Waals surface area contributed by atoms with Crippen molar-refractivity contribution in [1.82, 2.24) is 10.2 Å². The van der Waals surface area contributed by atoms with Crippen molar-refractivity contribution >= 4 is 5.91 Å². The third-order valence-electron chi connectivity index (χ3n) is 4.38. The Morgan fingerprint density at radius 2 is 2.09 bits per heavy atom. The van der Waals surface area contributed by atoms with E-state index in [0.717, 1.165) is 50.3 Å². The second-order valence-electron chi connectivity index (χ2n) is 6.19. The highest BCUT2D eigenvalue weighted by atomic mass is 16.5. The molecule has 1 aliphatic heterocycles. The molecule has 1 saturated heterocycles. The Kier molecular flexibility index (Phi) is 6.71. The first kappa shape index (κ1) is 17.6. The van der Waals surface area contributed by atoms with Crippen molar-refractivity contribution in [3.63, 3.8) is 0 Å². The van der Waals surface area contributed by atoms with Crippen LogP contribution < -0.4 is 14.8 Å². The highest BCUT2D eigenvalue weighted by molar-refractivity contribution is 5.78. The number of benzene rings is 1. The summed E-state index contributed by atoms with van der Waals surface area (Å²) in [5, 5.41) is 3.07. The van der Waals surface area contributed by atoms with Gasteiger partial charge in [-0.3, -0.25) is 4.79 Å². The number of carbonyl (C=O) groups excluding carboxylic acids is 1. The van der Waals surface area contributed by atoms with Crippen molar-refractivity contribution in [1.29, 1.82) is 0 Å². The van der Waals surface area contributed by atoms with Crippen molar-refractivity contribution in [3.05, 3.63) is 23.8 Å². The lowest BCUT2D eigenvalue weighted by molar-refractivity contribution is -0.126. The Bertz CT molecular complexity index is 519. The van der Waals surface area contributed by atoms with Crippen molar-refractivity contribution in [3.8, 4) is 11.5 Å². The van der Waals surface area contributed by atoms with Crippen LogP contribution in [-0.4, -0.2) is 51.7 Å². The molecule has 1 unspecified atom stereocenters. The van der Waals surface area contributed by atoms with Crippen molar-refractivity contribution in [2.24, 2.45) is 5.92 Å². The Labute approximate surface area is 139 Å². The van der Waals surface area contributed by atoms with Crippen molar-refractivity contribution in [2.75, 3.05) is 40.9 Å². The van der Waals surface area contributed by atoms with E-state index in [2.05, 4.69) is 17.3 Å². The zero-order chi connectivity index (χ0) is 16.7. The van der Waals surface area contributed by atoms with Crippen LogP contribution in [0.2, 0.25) is 0 Å². The molecule has 128 valence electrons. The predicted octanol–water partition coefficient (Wildman–Crippen LogP) is 2.09. The van der Waals surface area contributed by atoms with Gasteiger partial charge in [0.2, 0.25) is 5.91 Å². The van der Waals surface area contributed by atoms with Crippen LogP contribution in [0.15, 0.2) is 18.2 Å². The first-order valence-electron chi connectivity index (χ1n) is 8.31. The zero-order valence-electron chi connectivity index (χ0n) is 14.4. The minimum atomic E-state index is 0.148. The zero-order valence-corrected chi connectivity index (χ0v) is 14.4. The summed E-state index contributed by atoms with van der Waals surface area (Å²) in [7, 11) is 5.36. The lowest BCUT2D eigenvalue weighted by atomic mass is 9.97. The van der Waals surface area contributed by atoms with E-state index in [0.29, 0.717) is 6.54 Å². The van der Waals surface area contributed by atoms with Crippen LogP contribution >= 0.6 is 0 Å². The van der Waals surface area contributed by atoms with Gasteiger partial charge in [0.1, 0.15) is 0 Å². The molecular formula is C18H28N2O3. The average molecular weight is 320 g/mol. The van der Waals surface area contributed by atoms with Gasteiger partial charge in [0, 0.05) is 13.1 Å². The number of ether oxygens (including phenoxy) is 2. The second-order valence-corrected chi connectivity index (χ2v) is 6.19. The lowest BCUT2D eigenvalue weighted by Crippen LogP contribution is -2.41. The summed E-state index contributed by atoms with van der Waals surface area (Å²) in [6.45, 7) is 2.69. The smallest absolute Gasteiger partial charge is 0.224 e. The van der Waals surface area contributed by atoms with Crippen molar-refractivity contribution < 1.29 is 14.3 Å². The van der Waals surface area contributed by atoms with E-state index >= 15 is 0 Å². The number of likely N-dealkylation sites (tertiary alicyclic amines) is 1. The summed E-state index contributed by atoms with van der Waals surface area (Å²) in [5.41, 5.74) is 1.19. The van der Waals surface area contributed by atoms with E-state index in [4.69, 9.17) is 9.47 Å². The molecule has 23 heavy (non-hydrogen) atoms. The van der Waals surface area contributed by atoms with Crippen LogP contribution in [-0.2, 0) is 11.2 Å². The number of piperidine rings is 1. The molecule has 1 amide bonds. The average Bonchev–Trinajstić information content (AvgIpc) is 2.58. The maximum atomic E-state index is 12.2. The van der Waals surface area contributed by atoms with E-state index in [-0.39, 0.29) is 11.8 Å². The normalized spacial score (nSPS) is 18.5. The number of nitrogens with zero attached hydrogens (tertiary/aromatic N) is 1. The first-order chi connectivity index (χ1) is 11.1. The van der Waals surface area contributed by atoms with E-state index in [9.17, 15) is 4.79 Å². The van der Waals surface area contributed by atoms with Gasteiger partial charge < -0.3 is 19.7 Å². The fourth-order valence-corrected chi connectivity index (χ4v) is 3.06. The van der Waals surface area contributed by atoms with Crippen LogP contribution in [0.1, 0.15) is 24.8 Å². The Morgan fingerprint density at radius 1 is 1.30 bits per heavy atom. The van der Waals surface area contributed by atoms with Crippen LogP contribution in [0.4, 0.5) is 0 Å². The summed E-state index contributed by atoms with van der Waals surface area (Å²) >= 11 is 0. The number of nitrogens with one attached hydrogen (secondary N) is 1. The number of amides is 1. The predicted molar refractivity (Wildman–Crippen MR) is 91.1 cm³/mol. The number of methoxy groups -OCH3 is 2. The number of rotatable bonds is 7. The molecule has 0 radical (unpaired) electrons. The van der Waals surface area contributed by atoms with Gasteiger partial charge in [0.05, 0.1) is 20.1 Å². The van der Waals surface area contributed by atoms with Gasteiger partial charge in [-0.2, -0.15) is 0 Å². The first-order valence-corrected chi connectivity index (χ1v) is 8.31. The quantitative estimate of drug-likeness (QED) is 0.782. The Morgan fingerprint density at radius 3 is 2.78 bits per heavy atom. The number of carbonyl (C=O) groups is 1. The van der Waals surface area contributed by atoms with Gasteiger partial charge in [-0.05, 0) is 57.0 Å². The summed E-state index contributed by atoms with van der Waals surface area (Å²) in [6, 6.07) is 5.96. The number of aryl methyl sites for hydroxylation is 1. The second kappa shape index (κ2) is 8.77. The minimum Gasteiger partial charge on any atom is -0.493 e. The van der Waals surface area contributed by atoms with E-state index in [1.807, 2.05) is 18.2 Å². The van der Waals surface area contributed by atoms with Crippen LogP contribution in [0, 0.1) is 5.92 Å². The summed E-state index contributed by atoms with van der Waals surface area (Å²) in [6.07, 6.45) is 3.95. The molecule has 0 spiro atoms. The molecule has 1 atom stereocenters. The van der Waals surface area contributed by atoms with Gasteiger partial charge in [-0.15, -0.1) is 0 Å². The molecule has 0 aromatic heterocycles. The number of hydrogen-bond acceptors (Lipinski definition) is 4. The van der Waals surface area contributed by atoms with Crippen LogP contribution in [0.25, 0.3) is 0 Å². The van der Waals surface area contributed by atoms with E-state index in [1.165, 1.54) is 5.56 Å². The van der Waals surface area contributed by atoms with Crippen LogP contribution in [0.3, 0.4) is 0 Å². The Balaban J connectivity index is 1.73. The molecule has 1 aromatic rings. The minimum absolute atomic E-state index is 0.148. The highest BCUT2D eigenvalue weighted by Gasteiger charge is 2.23. The molecule has 5 nitrogen and oxygen atoms in total. The molecule has 5 heteroatoms. The van der Waals surface area contributed by atoms with Gasteiger partial charge in [0.15, 0.2) is 11.5 Å². The molecule has 1 aromatic carbocycles. The molecule has 1 heterocycles. The Hall–Kier alpha value is -1.75. The van der Waals surface area contributed by atoms with Gasteiger partial charge in [-0.1, -0.05) is 6.07 Å². The third kappa shape index (κ3) is 5.13. The third-order valence-corrected chi connectivity index (χ3v) is 4.38. The maximum Gasteiger partial charge on any atom is 0.224 e. The summed E-state index contributed by atoms with van der Waals surface area (Å²) in [4.78, 5) is 14.4. The molecule has 0 saturated carbocycles. The molecule has 1 fully saturated rings. The van der Waals surface area contributed by atoms with Crippen molar-refractivity contribution in [2.45, 2.75) is 25.7 Å². The lowest BCUT2D eigenvalue weighted by Gasteiger charge is -2.28. The van der Waals surface area contributed by atoms with Gasteiger partial charge in [-0.25, -0.2) is 0 Å². The topological polar surface area (TPSA) is 50.8 Å². The fourth-order valence-electron chi connectivity index (χ4n) is 3.06. The molecule has 1 aliphatic rings. The standard InChI is InChI=1S/C18H28N2O3/c1-20-11-5-7-15(13-20)18(21)19-10-4-6-14-8-9-16(22-2)17(12-14)23-3/h8-9,12,15H,4-7,10-11,13H2,1-3H3,(H,19,21). The molecule has 2 rings (SSSR count). The summed E-state index contributed by atoms with van der Waals surface area (Å²) in [5.74, 6) is 1.84. The molecule has 0 bridgehead atoms. The molecule has 0 aliphatic carbocycles. The monoisotopic (exact) mass is 320 g/mol. The summed E-state index contributed by atoms with van der Waals surface area (Å²) < 4.78 is 10.5.